The van der Waals surface area contributed by atoms with Gasteiger partial charge in [0.05, 0.1) is 22.9 Å². The van der Waals surface area contributed by atoms with Crippen molar-refractivity contribution in [2.45, 2.75) is 94.8 Å². The number of carboxylic acids is 1. The molecule has 6 N–H and O–H groups in total. The number of phenols is 3. The van der Waals surface area contributed by atoms with Gasteiger partial charge in [0.25, 0.3) is 5.56 Å². The highest BCUT2D eigenvalue weighted by Crippen LogP contribution is 2.65. The van der Waals surface area contributed by atoms with Crippen molar-refractivity contribution in [3.8, 4) is 23.0 Å². The number of nitrogens with one attached hydrogen (secondary N) is 1. The number of carbonyl (C=O) groups excluding carboxylic acids is 2. The van der Waals surface area contributed by atoms with Gasteiger partial charge in [0.1, 0.15) is 11.5 Å². The summed E-state index contributed by atoms with van der Waals surface area (Å²) in [5, 5.41) is 51.6. The number of likely N-dealkylation sites (tertiary alicyclic amines) is 1. The third-order valence-electron chi connectivity index (χ3n) is 15.0. The van der Waals surface area contributed by atoms with E-state index in [4.69, 9.17) is 14.9 Å². The molecule has 0 unspecified atom stereocenters. The molecule has 1 amide bonds. The lowest BCUT2D eigenvalue weighted by Crippen LogP contribution is -2.76. The molecule has 19 nitrogen and oxygen atoms in total. The van der Waals surface area contributed by atoms with Gasteiger partial charge in [0.2, 0.25) is 5.91 Å². The quantitative estimate of drug-likeness (QED) is 0.0949. The van der Waals surface area contributed by atoms with E-state index < -0.39 is 23.1 Å². The maximum Gasteiger partial charge on any atom is 0.337 e. The molecule has 5 aliphatic rings. The monoisotopic (exact) mass is 1030 g/mol. The first-order chi connectivity index (χ1) is 35.6. The fourth-order valence-corrected chi connectivity index (χ4v) is 11.4. The van der Waals surface area contributed by atoms with E-state index in [2.05, 4.69) is 59.1 Å². The van der Waals surface area contributed by atoms with Crippen LogP contribution in [0.1, 0.15) is 92.3 Å². The van der Waals surface area contributed by atoms with Gasteiger partial charge in [-0.1, -0.05) is 32.0 Å². The molecule has 11 rings (SSSR count). The topological polar surface area (TPSA) is 255 Å². The molecule has 2 bridgehead atoms. The smallest absolute Gasteiger partial charge is 0.337 e. The number of fused-ring (bicyclic) bond motifs is 1. The number of rotatable bonds is 9. The van der Waals surface area contributed by atoms with Gasteiger partial charge in [0, 0.05) is 77.3 Å². The van der Waals surface area contributed by atoms with Gasteiger partial charge in [-0.25, -0.2) is 14.6 Å². The summed E-state index contributed by atoms with van der Waals surface area (Å²) in [6.45, 7) is 8.95. The first kappa shape index (κ1) is 55.4. The number of pyridine rings is 1. The molecule has 1 spiro atoms. The Morgan fingerprint density at radius 2 is 1.65 bits per heavy atom. The third-order valence-corrected chi connectivity index (χ3v) is 15.0. The van der Waals surface area contributed by atoms with E-state index >= 15 is 0 Å². The summed E-state index contributed by atoms with van der Waals surface area (Å²) in [6.07, 6.45) is 9.80. The Kier molecular flexibility index (Phi) is 17.0. The van der Waals surface area contributed by atoms with E-state index in [1.54, 1.807) is 49.0 Å². The molecule has 6 aromatic rings. The molecule has 3 fully saturated rings. The average molecular weight is 1030 g/mol. The van der Waals surface area contributed by atoms with Gasteiger partial charge >= 0.3 is 11.7 Å². The molecule has 400 valence electrons. The van der Waals surface area contributed by atoms with Crippen LogP contribution >= 0.6 is 0 Å². The number of carboxylic acid groups (broad SMARTS) is 1. The average Bonchev–Trinajstić information content (AvgIpc) is 4.00. The largest absolute Gasteiger partial charge is 0.508 e. The van der Waals surface area contributed by atoms with Crippen LogP contribution in [0, 0.1) is 11.8 Å². The number of Topliss-reactive ketones (excluding diaryl/α,β-unsaturated/α-hetero) is 1. The summed E-state index contributed by atoms with van der Waals surface area (Å²) in [7, 11) is 8.98. The zero-order valence-electron chi connectivity index (χ0n) is 43.9. The minimum atomic E-state index is -0.942. The molecule has 0 radical (unpaired) electrons. The number of ether oxygens (including phenoxy) is 1. The number of amides is 1. The van der Waals surface area contributed by atoms with Crippen molar-refractivity contribution in [1.82, 2.24) is 33.5 Å². The third kappa shape index (κ3) is 11.6. The Morgan fingerprint density at radius 3 is 2.25 bits per heavy atom. The normalized spacial score (nSPS) is 21.5. The predicted octanol–water partition coefficient (Wildman–Crippen LogP) is 5.71. The van der Waals surface area contributed by atoms with Crippen LogP contribution in [0.5, 0.6) is 23.0 Å². The minimum absolute atomic E-state index is 0.0454. The SMILES string of the molecule is CC(=O)Nc1ccc(O)cc1.CC[C@@H](c1cccc(O)c1)[C@@H](C)CN(C)C.Cn1c(=O)c2c(ncn2C)n(C)c1=O.O=C(O)c1cccnc1.O=C1CC[C@@]2(O)[C@H]3Cc4ccc(O)c5c4[C@@]2(CCN3CC2CC2)[C@H]1O5. The molecule has 3 aromatic carbocycles. The maximum atomic E-state index is 12.7. The highest BCUT2D eigenvalue weighted by molar-refractivity contribution is 5.90. The number of aromatic carboxylic acids is 1. The molecule has 1 saturated heterocycles. The molecule has 6 atom stereocenters. The number of anilines is 1. The number of nitrogens with zero attached hydrogens (tertiary/aromatic N) is 7. The van der Waals surface area contributed by atoms with Gasteiger partial charge in [-0.3, -0.25) is 33.4 Å². The number of hydrogen-bond donors (Lipinski definition) is 6. The van der Waals surface area contributed by atoms with Gasteiger partial charge in [-0.15, -0.1) is 0 Å². The van der Waals surface area contributed by atoms with Crippen molar-refractivity contribution in [2.75, 3.05) is 39.0 Å². The molecular formula is C56H70N8O11. The van der Waals surface area contributed by atoms with Crippen molar-refractivity contribution in [1.29, 1.82) is 0 Å². The van der Waals surface area contributed by atoms with Crippen LogP contribution in [0.4, 0.5) is 5.69 Å². The van der Waals surface area contributed by atoms with Crippen LogP contribution in [-0.2, 0) is 42.6 Å². The second-order valence-electron chi connectivity index (χ2n) is 20.6. The maximum absolute atomic E-state index is 12.7. The number of aromatic hydroxyl groups is 3. The Bertz CT molecular complexity index is 3130. The van der Waals surface area contributed by atoms with Crippen LogP contribution in [0.2, 0.25) is 0 Å². The Labute approximate surface area is 435 Å². The molecule has 75 heavy (non-hydrogen) atoms. The van der Waals surface area contributed by atoms with Crippen LogP contribution in [-0.4, -0.2) is 128 Å². The van der Waals surface area contributed by atoms with Crippen molar-refractivity contribution < 1.29 is 44.7 Å². The number of ketones is 1. The summed E-state index contributed by atoms with van der Waals surface area (Å²) >= 11 is 0. The standard InChI is InChI=1S/C20H23NO4.C14H23NO.C8H10N4O2.C8H9NO2.C6H5NO2/c22-13-4-3-12-9-15-20(24)6-5-14(23)18-19(20,16(12)17(13)25-18)7-8-21(15)10-11-1-2-11;1-5-14(11(2)10-15(3)4)12-7-6-8-13(16)9-12;1-10-4-9-6-5(10)7(13)12(3)8(14)11(6)2;1-6(10)9-7-2-4-8(11)5-3-7;8-6(9)5-2-1-3-7-4-5/h3-4,11,15,18,22,24H,1-2,5-10H2;6-9,11,14,16H,5,10H2,1-4H3;4H,1-3H3;2-5,11H,1H3,(H,9,10);1-4H,(H,8,9)/t15-,18+,19+,20-;11-,14+;;;/m10.../s1. The highest BCUT2D eigenvalue weighted by Gasteiger charge is 2.73. The molecule has 2 aliphatic heterocycles. The molecule has 3 aromatic heterocycles. The summed E-state index contributed by atoms with van der Waals surface area (Å²) in [5.41, 5.74) is 2.79. The molecule has 5 heterocycles. The van der Waals surface area contributed by atoms with E-state index in [-0.39, 0.29) is 46.0 Å². The Balaban J connectivity index is 0.000000144. The second kappa shape index (κ2) is 23.0. The summed E-state index contributed by atoms with van der Waals surface area (Å²) in [4.78, 5) is 68.9. The van der Waals surface area contributed by atoms with Gasteiger partial charge in [-0.05, 0) is 143 Å². The van der Waals surface area contributed by atoms with Crippen molar-refractivity contribution in [3.05, 3.63) is 135 Å². The van der Waals surface area contributed by atoms with E-state index in [1.807, 2.05) is 18.2 Å². The van der Waals surface area contributed by atoms with Gasteiger partial charge in [0.15, 0.2) is 34.6 Å². The lowest BCUT2D eigenvalue weighted by Gasteiger charge is -2.62. The number of aryl methyl sites for hydroxylation is 2. The van der Waals surface area contributed by atoms with Crippen LogP contribution in [0.15, 0.2) is 101 Å². The van der Waals surface area contributed by atoms with E-state index in [0.717, 1.165) is 60.5 Å². The van der Waals surface area contributed by atoms with Gasteiger partial charge < -0.3 is 45.1 Å². The number of aliphatic hydroxyl groups is 1. The molecule has 3 aliphatic carbocycles. The summed E-state index contributed by atoms with van der Waals surface area (Å²) < 4.78 is 10.1. The lowest BCUT2D eigenvalue weighted by atomic mass is 9.49. The number of aromatic nitrogens is 5. The summed E-state index contributed by atoms with van der Waals surface area (Å²) in [6, 6.07) is 20.7. The minimum Gasteiger partial charge on any atom is -0.508 e. The fourth-order valence-electron chi connectivity index (χ4n) is 11.4. The first-order valence-corrected chi connectivity index (χ1v) is 25.3. The van der Waals surface area contributed by atoms with E-state index in [0.29, 0.717) is 53.0 Å². The fraction of sp³-hybridized carbons (Fsp3) is 0.446. The predicted molar refractivity (Wildman–Crippen MR) is 283 cm³/mol. The highest BCUT2D eigenvalue weighted by atomic mass is 16.5. The number of phenolic OH excluding ortho intramolecular Hbond substituents is 3. The number of benzene rings is 3. The van der Waals surface area contributed by atoms with Gasteiger partial charge in [-0.2, -0.15) is 0 Å². The molecular weight excluding hydrogens is 961 g/mol. The number of carbonyl (C=O) groups is 3. The van der Waals surface area contributed by atoms with E-state index in [1.165, 1.54) is 73.9 Å². The lowest BCUT2D eigenvalue weighted by molar-refractivity contribution is -0.188. The summed E-state index contributed by atoms with van der Waals surface area (Å²) in [5.74, 6) is 2.02. The van der Waals surface area contributed by atoms with Crippen molar-refractivity contribution >= 4 is 34.5 Å². The zero-order chi connectivity index (χ0) is 54.5. The number of imidazole rings is 1. The Morgan fingerprint density at radius 1 is 0.933 bits per heavy atom. The van der Waals surface area contributed by atoms with Crippen LogP contribution in [0.3, 0.4) is 0 Å². The zero-order valence-corrected chi connectivity index (χ0v) is 43.9. The molecule has 19 heteroatoms. The van der Waals surface area contributed by atoms with Crippen molar-refractivity contribution in [3.63, 3.8) is 0 Å². The number of piperidine rings is 1. The first-order valence-electron chi connectivity index (χ1n) is 25.3. The van der Waals surface area contributed by atoms with Crippen LogP contribution < -0.4 is 21.3 Å². The Hall–Kier alpha value is -7.35. The molecule has 2 saturated carbocycles. The number of hydrogen-bond acceptors (Lipinski definition) is 14. The van der Waals surface area contributed by atoms with Crippen LogP contribution in [0.25, 0.3) is 11.2 Å². The second-order valence-corrected chi connectivity index (χ2v) is 20.6. The van der Waals surface area contributed by atoms with E-state index in [9.17, 15) is 39.3 Å². The van der Waals surface area contributed by atoms with Crippen molar-refractivity contribution in [2.24, 2.45) is 33.0 Å².